The molecule has 2 aromatic carbocycles. The summed E-state index contributed by atoms with van der Waals surface area (Å²) in [6, 6.07) is 15.4. The van der Waals surface area contributed by atoms with Gasteiger partial charge in [-0.15, -0.1) is 0 Å². The minimum absolute atomic E-state index is 0.142. The van der Waals surface area contributed by atoms with Crippen LogP contribution in [0.1, 0.15) is 5.56 Å². The van der Waals surface area contributed by atoms with E-state index in [1.54, 1.807) is 9.80 Å². The lowest BCUT2D eigenvalue weighted by Gasteiger charge is -2.31. The number of aryl methyl sites for hydroxylation is 1. The molecule has 0 saturated heterocycles. The highest BCUT2D eigenvalue weighted by Crippen LogP contribution is 2.44. The van der Waals surface area contributed by atoms with Crippen LogP contribution >= 0.6 is 11.8 Å². The summed E-state index contributed by atoms with van der Waals surface area (Å²) in [6.07, 6.45) is 0. The first kappa shape index (κ1) is 13.2. The molecule has 2 aromatic rings. The highest BCUT2D eigenvalue weighted by atomic mass is 32.2. The predicted molar refractivity (Wildman–Crippen MR) is 90.4 cm³/mol. The number of carbonyl (C=O) groups is 1. The van der Waals surface area contributed by atoms with Gasteiger partial charge < -0.3 is 0 Å². The van der Waals surface area contributed by atoms with Crippen LogP contribution in [0.5, 0.6) is 0 Å². The standard InChI is InChI=1S/C17H13N3OS/c1-11-8-9-14-15(10-11)22-16-18-12(2)19(17(21)20(14)16)13-6-4-3-5-7-13/h3-10H,2H2,1H3. The van der Waals surface area contributed by atoms with Crippen LogP contribution in [0.15, 0.2) is 70.8 Å². The van der Waals surface area contributed by atoms with E-state index in [1.165, 1.54) is 11.8 Å². The fraction of sp³-hybridized carbons (Fsp3) is 0.0588. The number of nitrogens with zero attached hydrogens (tertiary/aromatic N) is 3. The van der Waals surface area contributed by atoms with Crippen molar-refractivity contribution >= 4 is 34.3 Å². The van der Waals surface area contributed by atoms with Crippen LogP contribution in [-0.4, -0.2) is 11.2 Å². The molecule has 0 radical (unpaired) electrons. The number of para-hydroxylation sites is 1. The molecule has 0 aliphatic carbocycles. The van der Waals surface area contributed by atoms with Gasteiger partial charge in [-0.1, -0.05) is 30.8 Å². The number of urea groups is 1. The maximum absolute atomic E-state index is 13.0. The van der Waals surface area contributed by atoms with Gasteiger partial charge in [-0.2, -0.15) is 0 Å². The first-order valence-corrected chi connectivity index (χ1v) is 7.72. The van der Waals surface area contributed by atoms with Crippen molar-refractivity contribution in [3.05, 3.63) is 66.5 Å². The highest BCUT2D eigenvalue weighted by Gasteiger charge is 2.39. The molecular weight excluding hydrogens is 294 g/mol. The van der Waals surface area contributed by atoms with E-state index in [-0.39, 0.29) is 6.03 Å². The van der Waals surface area contributed by atoms with E-state index in [2.05, 4.69) is 17.6 Å². The lowest BCUT2D eigenvalue weighted by atomic mass is 10.2. The Morgan fingerprint density at radius 1 is 1.09 bits per heavy atom. The quantitative estimate of drug-likeness (QED) is 0.784. The second-order valence-corrected chi connectivity index (χ2v) is 6.18. The van der Waals surface area contributed by atoms with Crippen molar-refractivity contribution in [1.82, 2.24) is 0 Å². The van der Waals surface area contributed by atoms with Gasteiger partial charge in [-0.3, -0.25) is 0 Å². The largest absolute Gasteiger partial charge is 0.341 e. The first-order chi connectivity index (χ1) is 10.6. The molecule has 0 saturated carbocycles. The molecule has 4 nitrogen and oxygen atoms in total. The Hall–Kier alpha value is -2.53. The van der Waals surface area contributed by atoms with Crippen molar-refractivity contribution < 1.29 is 4.79 Å². The Balaban J connectivity index is 1.82. The fourth-order valence-electron chi connectivity index (χ4n) is 2.60. The number of benzene rings is 2. The summed E-state index contributed by atoms with van der Waals surface area (Å²) in [4.78, 5) is 21.7. The average Bonchev–Trinajstić information content (AvgIpc) is 2.85. The maximum atomic E-state index is 13.0. The summed E-state index contributed by atoms with van der Waals surface area (Å²) in [5.74, 6) is 0.444. The zero-order chi connectivity index (χ0) is 15.3. The maximum Gasteiger partial charge on any atom is 0.341 e. The summed E-state index contributed by atoms with van der Waals surface area (Å²) < 4.78 is 0. The van der Waals surface area contributed by atoms with E-state index < -0.39 is 0 Å². The Morgan fingerprint density at radius 3 is 2.64 bits per heavy atom. The zero-order valence-corrected chi connectivity index (χ0v) is 12.8. The van der Waals surface area contributed by atoms with E-state index >= 15 is 0 Å². The van der Waals surface area contributed by atoms with Gasteiger partial charge in [0, 0.05) is 4.90 Å². The zero-order valence-electron chi connectivity index (χ0n) is 12.0. The number of hydrogen-bond donors (Lipinski definition) is 0. The predicted octanol–water partition coefficient (Wildman–Crippen LogP) is 4.37. The number of fused-ring (bicyclic) bond motifs is 3. The van der Waals surface area contributed by atoms with Crippen molar-refractivity contribution in [3.8, 4) is 0 Å². The number of amides is 2. The molecule has 2 heterocycles. The summed E-state index contributed by atoms with van der Waals surface area (Å²) in [5.41, 5.74) is 2.82. The normalized spacial score (nSPS) is 16.5. The van der Waals surface area contributed by atoms with Gasteiger partial charge in [-0.05, 0) is 48.5 Å². The van der Waals surface area contributed by atoms with E-state index in [9.17, 15) is 4.79 Å². The summed E-state index contributed by atoms with van der Waals surface area (Å²) >= 11 is 1.51. The van der Waals surface area contributed by atoms with Gasteiger partial charge in [0.1, 0.15) is 5.82 Å². The minimum atomic E-state index is -0.142. The summed E-state index contributed by atoms with van der Waals surface area (Å²) in [5, 5.41) is 0.669. The molecule has 2 aliphatic heterocycles. The smallest absolute Gasteiger partial charge is 0.247 e. The lowest BCUT2D eigenvalue weighted by molar-refractivity contribution is 0.255. The van der Waals surface area contributed by atoms with Crippen molar-refractivity contribution in [2.75, 3.05) is 9.80 Å². The molecule has 0 N–H and O–H groups in total. The lowest BCUT2D eigenvalue weighted by Crippen LogP contribution is -2.47. The van der Waals surface area contributed by atoms with E-state index in [1.807, 2.05) is 49.4 Å². The van der Waals surface area contributed by atoms with Crippen LogP contribution in [0.25, 0.3) is 0 Å². The number of rotatable bonds is 1. The summed E-state index contributed by atoms with van der Waals surface area (Å²) in [7, 11) is 0. The van der Waals surface area contributed by atoms with Crippen molar-refractivity contribution in [2.45, 2.75) is 11.8 Å². The average molecular weight is 307 g/mol. The van der Waals surface area contributed by atoms with Crippen molar-refractivity contribution in [1.29, 1.82) is 0 Å². The highest BCUT2D eigenvalue weighted by molar-refractivity contribution is 8.15. The molecule has 108 valence electrons. The van der Waals surface area contributed by atoms with Crippen LogP contribution in [0.3, 0.4) is 0 Å². The molecule has 4 rings (SSSR count). The molecule has 2 aliphatic rings. The third-order valence-electron chi connectivity index (χ3n) is 3.63. The SMILES string of the molecule is C=C1N=C2Sc3cc(C)ccc3N2C(=O)N1c1ccccc1. The molecule has 0 bridgehead atoms. The van der Waals surface area contributed by atoms with Gasteiger partial charge in [0.15, 0.2) is 5.17 Å². The van der Waals surface area contributed by atoms with Crippen molar-refractivity contribution in [3.63, 3.8) is 0 Å². The van der Waals surface area contributed by atoms with E-state index in [0.717, 1.165) is 21.8 Å². The van der Waals surface area contributed by atoms with Crippen molar-refractivity contribution in [2.24, 2.45) is 4.99 Å². The molecule has 0 aromatic heterocycles. The van der Waals surface area contributed by atoms with Gasteiger partial charge in [0.05, 0.1) is 11.4 Å². The van der Waals surface area contributed by atoms with E-state index in [0.29, 0.717) is 11.0 Å². The molecule has 0 unspecified atom stereocenters. The molecule has 2 amide bonds. The molecular formula is C17H13N3OS. The molecule has 0 spiro atoms. The van der Waals surface area contributed by atoms with Crippen LogP contribution in [0, 0.1) is 6.92 Å². The number of carbonyl (C=O) groups excluding carboxylic acids is 1. The first-order valence-electron chi connectivity index (χ1n) is 6.90. The number of anilines is 2. The van der Waals surface area contributed by atoms with E-state index in [4.69, 9.17) is 0 Å². The molecule has 5 heteroatoms. The number of hydrogen-bond acceptors (Lipinski definition) is 3. The van der Waals surface area contributed by atoms with Crippen LogP contribution in [-0.2, 0) is 0 Å². The van der Waals surface area contributed by atoms with Gasteiger partial charge >= 0.3 is 6.03 Å². The second-order valence-electron chi connectivity index (χ2n) is 5.17. The Kier molecular flexibility index (Phi) is 2.84. The second kappa shape index (κ2) is 4.74. The van der Waals surface area contributed by atoms with Gasteiger partial charge in [0.2, 0.25) is 0 Å². The fourth-order valence-corrected chi connectivity index (χ4v) is 3.72. The van der Waals surface area contributed by atoms with Crippen LogP contribution in [0.2, 0.25) is 0 Å². The topological polar surface area (TPSA) is 35.9 Å². The third kappa shape index (κ3) is 1.86. The Morgan fingerprint density at radius 2 is 1.86 bits per heavy atom. The molecule has 0 fully saturated rings. The Labute approximate surface area is 132 Å². The number of aliphatic imine (C=N–C) groups is 1. The number of amidine groups is 1. The Bertz CT molecular complexity index is 829. The van der Waals surface area contributed by atoms with Gasteiger partial charge in [-0.25, -0.2) is 19.6 Å². The third-order valence-corrected chi connectivity index (χ3v) is 4.63. The van der Waals surface area contributed by atoms with Crippen LogP contribution < -0.4 is 9.80 Å². The summed E-state index contributed by atoms with van der Waals surface area (Å²) in [6.45, 7) is 5.98. The molecule has 0 atom stereocenters. The molecule has 22 heavy (non-hydrogen) atoms. The monoisotopic (exact) mass is 307 g/mol. The van der Waals surface area contributed by atoms with Gasteiger partial charge in [0.25, 0.3) is 0 Å². The van der Waals surface area contributed by atoms with Crippen LogP contribution in [0.4, 0.5) is 16.2 Å². The number of thioether (sulfide) groups is 1. The minimum Gasteiger partial charge on any atom is -0.247 e.